The normalized spacial score (nSPS) is 22.0. The van der Waals surface area contributed by atoms with Crippen molar-refractivity contribution >= 4 is 5.91 Å². The van der Waals surface area contributed by atoms with Crippen molar-refractivity contribution in [1.82, 2.24) is 5.32 Å². The number of nitrogens with one attached hydrogen (secondary N) is 1. The molecule has 0 aromatic heterocycles. The predicted molar refractivity (Wildman–Crippen MR) is 82.0 cm³/mol. The largest absolute Gasteiger partial charge is 0.352 e. The Balaban J connectivity index is 2.39. The van der Waals surface area contributed by atoms with Gasteiger partial charge in [0.25, 0.3) is 0 Å². The highest BCUT2D eigenvalue weighted by Gasteiger charge is 2.65. The zero-order valence-electron chi connectivity index (χ0n) is 13.8. The molecule has 0 aliphatic heterocycles. The van der Waals surface area contributed by atoms with E-state index in [1.807, 2.05) is 0 Å². The van der Waals surface area contributed by atoms with Crippen LogP contribution in [0, 0.1) is 16.7 Å². The molecule has 1 atom stereocenters. The highest BCUT2D eigenvalue weighted by Crippen LogP contribution is 2.62. The van der Waals surface area contributed by atoms with E-state index in [0.717, 1.165) is 12.8 Å². The van der Waals surface area contributed by atoms with Crippen LogP contribution in [-0.4, -0.2) is 11.9 Å². The molecule has 0 bridgehead atoms. The van der Waals surface area contributed by atoms with Crippen molar-refractivity contribution in [2.45, 2.75) is 86.1 Å². The third kappa shape index (κ3) is 3.52. The Bertz CT molecular complexity index is 292. The Morgan fingerprint density at radius 3 is 2.05 bits per heavy atom. The summed E-state index contributed by atoms with van der Waals surface area (Å²) in [5, 5.41) is 3.29. The number of amides is 1. The molecule has 1 N–H and O–H groups in total. The number of carbonyl (C=O) groups is 1. The van der Waals surface area contributed by atoms with Gasteiger partial charge in [0.2, 0.25) is 5.91 Å². The van der Waals surface area contributed by atoms with Crippen molar-refractivity contribution in [3.8, 4) is 0 Å². The molecule has 2 nitrogen and oxygen atoms in total. The molecule has 2 heteroatoms. The molecule has 0 radical (unpaired) electrons. The van der Waals surface area contributed by atoms with Crippen LogP contribution >= 0.6 is 0 Å². The highest BCUT2D eigenvalue weighted by molar-refractivity contribution is 5.79. The lowest BCUT2D eigenvalue weighted by Crippen LogP contribution is -2.35. The molecule has 112 valence electrons. The van der Waals surface area contributed by atoms with Gasteiger partial charge in [-0.15, -0.1) is 0 Å². The number of hydrogen-bond donors (Lipinski definition) is 1. The molecule has 1 saturated carbocycles. The van der Waals surface area contributed by atoms with E-state index in [9.17, 15) is 4.79 Å². The Kier molecular flexibility index (Phi) is 5.46. The Hall–Kier alpha value is -0.530. The summed E-state index contributed by atoms with van der Waals surface area (Å²) in [4.78, 5) is 12.4. The summed E-state index contributed by atoms with van der Waals surface area (Å²) < 4.78 is 0. The van der Waals surface area contributed by atoms with Crippen molar-refractivity contribution in [3.05, 3.63) is 0 Å². The van der Waals surface area contributed by atoms with Crippen LogP contribution in [0.5, 0.6) is 0 Å². The number of unbranched alkanes of at least 4 members (excludes halogenated alkanes) is 3. The van der Waals surface area contributed by atoms with E-state index in [0.29, 0.717) is 6.04 Å². The zero-order chi connectivity index (χ0) is 14.7. The van der Waals surface area contributed by atoms with Gasteiger partial charge in [-0.25, -0.2) is 0 Å². The van der Waals surface area contributed by atoms with Crippen LogP contribution in [0.2, 0.25) is 0 Å². The second kappa shape index (κ2) is 6.28. The second-order valence-electron chi connectivity index (χ2n) is 7.34. The third-order valence-corrected chi connectivity index (χ3v) is 5.58. The van der Waals surface area contributed by atoms with E-state index < -0.39 is 0 Å². The van der Waals surface area contributed by atoms with Crippen molar-refractivity contribution < 1.29 is 4.79 Å². The number of rotatable bonds is 8. The van der Waals surface area contributed by atoms with E-state index in [2.05, 4.69) is 46.9 Å². The third-order valence-electron chi connectivity index (χ3n) is 5.58. The Labute approximate surface area is 119 Å². The molecule has 1 rings (SSSR count). The fourth-order valence-electron chi connectivity index (χ4n) is 3.16. The lowest BCUT2D eigenvalue weighted by Gasteiger charge is -2.16. The van der Waals surface area contributed by atoms with Gasteiger partial charge in [-0.2, -0.15) is 0 Å². The molecule has 1 unspecified atom stereocenters. The van der Waals surface area contributed by atoms with Gasteiger partial charge in [0.05, 0.1) is 0 Å². The summed E-state index contributed by atoms with van der Waals surface area (Å²) in [7, 11) is 0. The van der Waals surface area contributed by atoms with Gasteiger partial charge in [0, 0.05) is 12.0 Å². The summed E-state index contributed by atoms with van der Waals surface area (Å²) >= 11 is 0. The fraction of sp³-hybridized carbons (Fsp3) is 0.941. The summed E-state index contributed by atoms with van der Waals surface area (Å²) in [5.41, 5.74) is 0.478. The van der Waals surface area contributed by atoms with E-state index in [1.165, 1.54) is 25.7 Å². The molecular weight excluding hydrogens is 234 g/mol. The Morgan fingerprint density at radius 2 is 1.63 bits per heavy atom. The maximum Gasteiger partial charge on any atom is 0.223 e. The predicted octanol–water partition coefficient (Wildman–Crippen LogP) is 4.53. The minimum Gasteiger partial charge on any atom is -0.352 e. The zero-order valence-corrected chi connectivity index (χ0v) is 13.8. The number of carbonyl (C=O) groups excluding carboxylic acids is 1. The molecule has 19 heavy (non-hydrogen) atoms. The van der Waals surface area contributed by atoms with Crippen LogP contribution in [0.1, 0.15) is 80.1 Å². The minimum atomic E-state index is 0.212. The quantitative estimate of drug-likeness (QED) is 0.643. The van der Waals surface area contributed by atoms with Crippen LogP contribution in [0.25, 0.3) is 0 Å². The first-order valence-corrected chi connectivity index (χ1v) is 8.09. The van der Waals surface area contributed by atoms with Crippen molar-refractivity contribution in [2.24, 2.45) is 16.7 Å². The average molecular weight is 267 g/mol. The second-order valence-corrected chi connectivity index (χ2v) is 7.34. The van der Waals surface area contributed by atoms with Crippen LogP contribution in [0.3, 0.4) is 0 Å². The standard InChI is InChI=1S/C17H33NO/c1-7-9-10-11-12-13(8-2)14(19)18-15-16(3,4)17(15,5)6/h13,15H,7-12H2,1-6H3,(H,18,19). The summed E-state index contributed by atoms with van der Waals surface area (Å²) in [6, 6.07) is 0.345. The molecule has 1 aliphatic carbocycles. The molecule has 1 amide bonds. The SMILES string of the molecule is CCCCCCC(CC)C(=O)NC1C(C)(C)C1(C)C. The fourth-order valence-corrected chi connectivity index (χ4v) is 3.16. The van der Waals surface area contributed by atoms with Gasteiger partial charge >= 0.3 is 0 Å². The summed E-state index contributed by atoms with van der Waals surface area (Å²) in [5.74, 6) is 0.492. The average Bonchev–Trinajstić information content (AvgIpc) is 2.72. The molecule has 0 heterocycles. The lowest BCUT2D eigenvalue weighted by molar-refractivity contribution is -0.125. The topological polar surface area (TPSA) is 29.1 Å². The van der Waals surface area contributed by atoms with Gasteiger partial charge in [-0.1, -0.05) is 67.2 Å². The lowest BCUT2D eigenvalue weighted by atomic mass is 9.97. The van der Waals surface area contributed by atoms with E-state index >= 15 is 0 Å². The van der Waals surface area contributed by atoms with Crippen molar-refractivity contribution in [1.29, 1.82) is 0 Å². The first-order chi connectivity index (χ1) is 8.79. The highest BCUT2D eigenvalue weighted by atomic mass is 16.2. The smallest absolute Gasteiger partial charge is 0.223 e. The van der Waals surface area contributed by atoms with E-state index in [-0.39, 0.29) is 22.7 Å². The molecule has 0 spiro atoms. The van der Waals surface area contributed by atoms with E-state index in [4.69, 9.17) is 0 Å². The molecular formula is C17H33NO. The van der Waals surface area contributed by atoms with Crippen LogP contribution in [0.4, 0.5) is 0 Å². The Morgan fingerprint density at radius 1 is 1.05 bits per heavy atom. The van der Waals surface area contributed by atoms with E-state index in [1.54, 1.807) is 0 Å². The van der Waals surface area contributed by atoms with Gasteiger partial charge in [0.1, 0.15) is 0 Å². The molecule has 0 saturated heterocycles. The maximum absolute atomic E-state index is 12.4. The molecule has 1 fully saturated rings. The van der Waals surface area contributed by atoms with Gasteiger partial charge < -0.3 is 5.32 Å². The monoisotopic (exact) mass is 267 g/mol. The van der Waals surface area contributed by atoms with Crippen molar-refractivity contribution in [3.63, 3.8) is 0 Å². The molecule has 1 aliphatic rings. The van der Waals surface area contributed by atoms with Crippen LogP contribution < -0.4 is 5.32 Å². The first-order valence-electron chi connectivity index (χ1n) is 8.09. The molecule has 0 aromatic carbocycles. The summed E-state index contributed by atoms with van der Waals surface area (Å²) in [6.07, 6.45) is 7.02. The number of hydrogen-bond acceptors (Lipinski definition) is 1. The summed E-state index contributed by atoms with van der Waals surface area (Å²) in [6.45, 7) is 13.4. The first kappa shape index (κ1) is 16.5. The van der Waals surface area contributed by atoms with Crippen LogP contribution in [-0.2, 0) is 4.79 Å². The van der Waals surface area contributed by atoms with Gasteiger partial charge in [0.15, 0.2) is 0 Å². The maximum atomic E-state index is 12.4. The van der Waals surface area contributed by atoms with Crippen LogP contribution in [0.15, 0.2) is 0 Å². The minimum absolute atomic E-state index is 0.212. The molecule has 0 aromatic rings. The van der Waals surface area contributed by atoms with Gasteiger partial charge in [-0.3, -0.25) is 4.79 Å². The van der Waals surface area contributed by atoms with Gasteiger partial charge in [-0.05, 0) is 23.7 Å². The van der Waals surface area contributed by atoms with Crippen molar-refractivity contribution in [2.75, 3.05) is 0 Å².